The lowest BCUT2D eigenvalue weighted by Gasteiger charge is -2.35. The number of nitrogens with one attached hydrogen (secondary N) is 1. The zero-order valence-corrected chi connectivity index (χ0v) is 21.3. The first-order valence-corrected chi connectivity index (χ1v) is 13.4. The molecular formula is C27H27N7O2S. The normalized spacial score (nSPS) is 17.6. The molecule has 0 saturated carbocycles. The Hall–Kier alpha value is -3.76. The minimum Gasteiger partial charge on any atom is -0.340 e. The second-order valence-electron chi connectivity index (χ2n) is 9.33. The Balaban J connectivity index is 1.19. The molecule has 0 radical (unpaired) electrons. The van der Waals surface area contributed by atoms with E-state index in [-0.39, 0.29) is 17.5 Å². The number of thioether (sulfide) groups is 1. The number of fused-ring (bicyclic) bond motifs is 2. The summed E-state index contributed by atoms with van der Waals surface area (Å²) < 4.78 is 2.25. The highest BCUT2D eigenvalue weighted by Crippen LogP contribution is 2.37. The number of hydrogen-bond donors (Lipinski definition) is 1. The molecule has 2 amide bonds. The lowest BCUT2D eigenvalue weighted by Crippen LogP contribution is -2.49. The summed E-state index contributed by atoms with van der Waals surface area (Å²) in [6.07, 6.45) is 3.59. The molecule has 1 N–H and O–H groups in total. The minimum absolute atomic E-state index is 0.149. The van der Waals surface area contributed by atoms with Gasteiger partial charge in [-0.2, -0.15) is 0 Å². The van der Waals surface area contributed by atoms with Crippen molar-refractivity contribution in [3.05, 3.63) is 66.6 Å². The molecule has 1 atom stereocenters. The van der Waals surface area contributed by atoms with E-state index in [1.54, 1.807) is 18.7 Å². The first kappa shape index (κ1) is 23.6. The summed E-state index contributed by atoms with van der Waals surface area (Å²) in [5.41, 5.74) is 4.07. The fourth-order valence-electron chi connectivity index (χ4n) is 4.88. The highest BCUT2D eigenvalue weighted by atomic mass is 32.2. The van der Waals surface area contributed by atoms with Gasteiger partial charge >= 0.3 is 0 Å². The zero-order valence-electron chi connectivity index (χ0n) is 20.5. The Morgan fingerprint density at radius 2 is 1.76 bits per heavy atom. The highest BCUT2D eigenvalue weighted by molar-refractivity contribution is 7.99. The fraction of sp³-hybridized carbons (Fsp3) is 0.296. The van der Waals surface area contributed by atoms with Gasteiger partial charge in [-0.05, 0) is 18.2 Å². The number of carbonyl (C=O) groups excluding carboxylic acids is 2. The maximum atomic E-state index is 13.0. The summed E-state index contributed by atoms with van der Waals surface area (Å²) in [6.45, 7) is 5.92. The topological polar surface area (TPSA) is 96.2 Å². The van der Waals surface area contributed by atoms with Crippen molar-refractivity contribution in [1.29, 1.82) is 0 Å². The van der Waals surface area contributed by atoms with E-state index in [9.17, 15) is 9.59 Å². The Morgan fingerprint density at radius 1 is 1.00 bits per heavy atom. The Kier molecular flexibility index (Phi) is 6.35. The molecule has 1 unspecified atom stereocenters. The first-order chi connectivity index (χ1) is 18.0. The average molecular weight is 514 g/mol. The summed E-state index contributed by atoms with van der Waals surface area (Å²) in [6, 6.07) is 15.5. The SMILES string of the molecule is CC(=O)N1CCN(CC2CSc3nc(-c4ccccc4NC(=O)c4cnc5ccccc5n4)cn32)CC1. The molecule has 2 aromatic heterocycles. The summed E-state index contributed by atoms with van der Waals surface area (Å²) in [5, 5.41) is 4.00. The van der Waals surface area contributed by atoms with Gasteiger partial charge in [0, 0.05) is 57.2 Å². The number of benzene rings is 2. The lowest BCUT2D eigenvalue weighted by molar-refractivity contribution is -0.130. The van der Waals surface area contributed by atoms with Crippen LogP contribution in [0.5, 0.6) is 0 Å². The lowest BCUT2D eigenvalue weighted by atomic mass is 10.1. The quantitative estimate of drug-likeness (QED) is 0.436. The van der Waals surface area contributed by atoms with Crippen LogP contribution in [-0.2, 0) is 4.79 Å². The Labute approximate surface area is 218 Å². The van der Waals surface area contributed by atoms with Crippen molar-refractivity contribution in [2.75, 3.05) is 43.8 Å². The standard InChI is InChI=1S/C27H27N7O2S/c1-18(35)33-12-10-32(11-13-33)15-19-17-37-27-31-25(16-34(19)27)20-6-2-3-7-21(20)30-26(36)24-14-28-22-8-4-5-9-23(22)29-24/h2-9,14,16,19H,10-13,15,17H2,1H3,(H,30,36). The van der Waals surface area contributed by atoms with Crippen LogP contribution in [-0.4, -0.2) is 79.6 Å². The van der Waals surface area contributed by atoms with E-state index < -0.39 is 0 Å². The number of nitrogens with zero attached hydrogens (tertiary/aromatic N) is 6. The minimum atomic E-state index is -0.311. The molecule has 0 spiro atoms. The number of imidazole rings is 1. The Morgan fingerprint density at radius 3 is 2.57 bits per heavy atom. The second-order valence-corrected chi connectivity index (χ2v) is 10.3. The first-order valence-electron chi connectivity index (χ1n) is 12.4. The number of aromatic nitrogens is 4. The molecule has 4 heterocycles. The largest absolute Gasteiger partial charge is 0.340 e. The van der Waals surface area contributed by atoms with Crippen LogP contribution in [0.3, 0.4) is 0 Å². The van der Waals surface area contributed by atoms with E-state index in [1.807, 2.05) is 53.4 Å². The van der Waals surface area contributed by atoms with Gasteiger partial charge in [-0.1, -0.05) is 42.1 Å². The summed E-state index contributed by atoms with van der Waals surface area (Å²) in [7, 11) is 0. The molecule has 1 fully saturated rings. The van der Waals surface area contributed by atoms with Crippen LogP contribution in [0.4, 0.5) is 5.69 Å². The van der Waals surface area contributed by atoms with Crippen LogP contribution in [0, 0.1) is 0 Å². The van der Waals surface area contributed by atoms with Crippen molar-refractivity contribution >= 4 is 40.3 Å². The van der Waals surface area contributed by atoms with Gasteiger partial charge in [0.05, 0.1) is 34.7 Å². The molecule has 2 aliphatic rings. The smallest absolute Gasteiger partial charge is 0.275 e. The Bertz CT molecular complexity index is 1480. The third-order valence-corrected chi connectivity index (χ3v) is 8.03. The zero-order chi connectivity index (χ0) is 25.4. The van der Waals surface area contributed by atoms with Crippen molar-refractivity contribution in [3.8, 4) is 11.3 Å². The summed E-state index contributed by atoms with van der Waals surface area (Å²) in [4.78, 5) is 42.8. The van der Waals surface area contributed by atoms with Crippen molar-refractivity contribution in [3.63, 3.8) is 0 Å². The molecule has 0 bridgehead atoms. The predicted molar refractivity (Wildman–Crippen MR) is 144 cm³/mol. The van der Waals surface area contributed by atoms with E-state index in [4.69, 9.17) is 4.98 Å². The maximum Gasteiger partial charge on any atom is 0.275 e. The molecule has 1 saturated heterocycles. The van der Waals surface area contributed by atoms with Gasteiger partial charge in [-0.15, -0.1) is 0 Å². The molecule has 37 heavy (non-hydrogen) atoms. The molecule has 2 aliphatic heterocycles. The van der Waals surface area contributed by atoms with Gasteiger partial charge in [0.15, 0.2) is 5.16 Å². The molecule has 0 aliphatic carbocycles. The van der Waals surface area contributed by atoms with Gasteiger partial charge < -0.3 is 14.8 Å². The van der Waals surface area contributed by atoms with Gasteiger partial charge in [-0.25, -0.2) is 9.97 Å². The number of anilines is 1. The second kappa shape index (κ2) is 9.95. The number of hydrogen-bond acceptors (Lipinski definition) is 7. The monoisotopic (exact) mass is 513 g/mol. The summed E-state index contributed by atoms with van der Waals surface area (Å²) >= 11 is 1.76. The van der Waals surface area contributed by atoms with E-state index in [1.165, 1.54) is 6.20 Å². The van der Waals surface area contributed by atoms with Gasteiger partial charge in [0.2, 0.25) is 5.91 Å². The van der Waals surface area contributed by atoms with Crippen LogP contribution < -0.4 is 5.32 Å². The van der Waals surface area contributed by atoms with Crippen LogP contribution in [0.15, 0.2) is 66.1 Å². The van der Waals surface area contributed by atoms with Crippen LogP contribution in [0.1, 0.15) is 23.5 Å². The van der Waals surface area contributed by atoms with Crippen molar-refractivity contribution < 1.29 is 9.59 Å². The third-order valence-electron chi connectivity index (χ3n) is 6.92. The van der Waals surface area contributed by atoms with E-state index in [2.05, 4.69) is 30.9 Å². The van der Waals surface area contributed by atoms with E-state index in [0.717, 1.165) is 60.4 Å². The van der Waals surface area contributed by atoms with Gasteiger partial charge in [-0.3, -0.25) is 19.5 Å². The number of para-hydroxylation sites is 3. The van der Waals surface area contributed by atoms with Gasteiger partial charge in [0.25, 0.3) is 5.91 Å². The fourth-order valence-corrected chi connectivity index (χ4v) is 6.00. The molecular weight excluding hydrogens is 486 g/mol. The van der Waals surface area contributed by atoms with E-state index >= 15 is 0 Å². The third kappa shape index (κ3) is 4.82. The molecule has 2 aromatic carbocycles. The number of amides is 2. The van der Waals surface area contributed by atoms with Crippen LogP contribution in [0.2, 0.25) is 0 Å². The molecule has 10 heteroatoms. The molecule has 6 rings (SSSR count). The number of carbonyl (C=O) groups is 2. The van der Waals surface area contributed by atoms with Crippen molar-refractivity contribution in [1.82, 2.24) is 29.3 Å². The predicted octanol–water partition coefficient (Wildman–Crippen LogP) is 3.56. The molecule has 9 nitrogen and oxygen atoms in total. The molecule has 4 aromatic rings. The average Bonchev–Trinajstić information content (AvgIpc) is 3.51. The number of piperazine rings is 1. The van der Waals surface area contributed by atoms with Crippen molar-refractivity contribution in [2.24, 2.45) is 0 Å². The van der Waals surface area contributed by atoms with Gasteiger partial charge in [0.1, 0.15) is 5.69 Å². The van der Waals surface area contributed by atoms with Crippen LogP contribution in [0.25, 0.3) is 22.3 Å². The number of rotatable bonds is 5. The molecule has 188 valence electrons. The van der Waals surface area contributed by atoms with E-state index in [0.29, 0.717) is 17.2 Å². The summed E-state index contributed by atoms with van der Waals surface area (Å²) in [5.74, 6) is 0.819. The highest BCUT2D eigenvalue weighted by Gasteiger charge is 2.29. The van der Waals surface area contributed by atoms with Crippen LogP contribution >= 0.6 is 11.8 Å². The van der Waals surface area contributed by atoms with Crippen molar-refractivity contribution in [2.45, 2.75) is 18.1 Å². The maximum absolute atomic E-state index is 13.0.